The summed E-state index contributed by atoms with van der Waals surface area (Å²) in [6.45, 7) is 10.0. The molecule has 3 aliphatic rings. The maximum atomic E-state index is 13.0. The molecule has 0 bridgehead atoms. The number of nitrogens with one attached hydrogen (secondary N) is 2. The highest BCUT2D eigenvalue weighted by atomic mass is 35.5. The number of aromatic carboxylic acids is 1. The van der Waals surface area contributed by atoms with Crippen LogP contribution in [0.1, 0.15) is 71.3 Å². The van der Waals surface area contributed by atoms with Gasteiger partial charge in [-0.2, -0.15) is 0 Å². The Labute approximate surface area is 288 Å². The molecule has 3 fully saturated rings. The van der Waals surface area contributed by atoms with Crippen LogP contribution in [0, 0.1) is 12.8 Å². The lowest BCUT2D eigenvalue weighted by atomic mass is 9.89. The first-order valence-corrected chi connectivity index (χ1v) is 18.0. The Balaban J connectivity index is 1.10. The highest BCUT2D eigenvalue weighted by Crippen LogP contribution is 2.35. The second-order valence-electron chi connectivity index (χ2n) is 12.6. The number of halogens is 2. The van der Waals surface area contributed by atoms with E-state index in [1.54, 1.807) is 19.3 Å². The first-order valence-electron chi connectivity index (χ1n) is 16.5. The highest BCUT2D eigenvalue weighted by molar-refractivity contribution is 7.17. The van der Waals surface area contributed by atoms with Crippen molar-refractivity contribution in [3.05, 3.63) is 38.7 Å². The zero-order valence-corrected chi connectivity index (χ0v) is 29.1. The summed E-state index contributed by atoms with van der Waals surface area (Å²) < 4.78 is 6.03. The molecule has 0 spiro atoms. The number of nitrogens with zero attached hydrogens (tertiary/aromatic N) is 6. The molecular formula is C32H42Cl2N8O4S. The van der Waals surface area contributed by atoms with Gasteiger partial charge < -0.3 is 29.9 Å². The Kier molecular flexibility index (Phi) is 10.9. The third-order valence-electron chi connectivity index (χ3n) is 9.44. The molecule has 2 saturated heterocycles. The van der Waals surface area contributed by atoms with Crippen LogP contribution < -0.4 is 15.1 Å². The van der Waals surface area contributed by atoms with Gasteiger partial charge in [0.05, 0.1) is 34.6 Å². The number of thiazole rings is 1. The van der Waals surface area contributed by atoms with E-state index in [1.807, 2.05) is 11.8 Å². The van der Waals surface area contributed by atoms with Crippen molar-refractivity contribution in [2.24, 2.45) is 5.92 Å². The number of carboxylic acids is 1. The molecule has 0 radical (unpaired) electrons. The fourth-order valence-electron chi connectivity index (χ4n) is 6.87. The van der Waals surface area contributed by atoms with E-state index in [2.05, 4.69) is 30.1 Å². The molecule has 12 nitrogen and oxygen atoms in total. The highest BCUT2D eigenvalue weighted by Gasteiger charge is 2.34. The summed E-state index contributed by atoms with van der Waals surface area (Å²) in [4.78, 5) is 49.3. The minimum absolute atomic E-state index is 0.107. The number of rotatable bonds is 10. The molecule has 47 heavy (non-hydrogen) atoms. The molecule has 1 amide bonds. The molecule has 2 atom stereocenters. The predicted octanol–water partition coefficient (Wildman–Crippen LogP) is 5.36. The number of piperidine rings is 1. The fraction of sp³-hybridized carbons (Fsp3) is 0.594. The molecular weight excluding hydrogens is 663 g/mol. The first kappa shape index (κ1) is 33.9. The molecule has 5 heterocycles. The standard InChI is InChI=1S/C32H42Cl2N8O4S/c1-3-46-23-18-42(10-9-21(23)38-30(43)28-26(34)25(33)19(2)37-28)32-39-27(29(47-32)31(44)45)22-15-36-24(16-35-22)41-13-11-40(12-14-41)17-20-7-5-4-6-8-20/h15-16,20-21,23,37H,3-14,17-18H2,1-2H3,(H,38,43)(H,44,45)/t21-,23+/m1/s1. The summed E-state index contributed by atoms with van der Waals surface area (Å²) in [7, 11) is 0. The number of aromatic amines is 1. The number of carbonyl (C=O) groups is 2. The molecule has 2 aliphatic heterocycles. The van der Waals surface area contributed by atoms with Crippen molar-refractivity contribution in [2.45, 2.75) is 64.5 Å². The van der Waals surface area contributed by atoms with E-state index in [1.165, 1.54) is 38.6 Å². The van der Waals surface area contributed by atoms with E-state index in [0.29, 0.717) is 53.4 Å². The van der Waals surface area contributed by atoms with E-state index in [-0.39, 0.29) is 33.6 Å². The molecule has 1 saturated carbocycles. The van der Waals surface area contributed by atoms with E-state index in [4.69, 9.17) is 32.9 Å². The van der Waals surface area contributed by atoms with Gasteiger partial charge in [0.15, 0.2) is 5.13 Å². The topological polar surface area (TPSA) is 140 Å². The van der Waals surface area contributed by atoms with Gasteiger partial charge in [-0.15, -0.1) is 0 Å². The van der Waals surface area contributed by atoms with Gasteiger partial charge in [-0.05, 0) is 39.0 Å². The van der Waals surface area contributed by atoms with Gasteiger partial charge in [0.25, 0.3) is 5.91 Å². The SMILES string of the molecule is CCO[C@H]1CN(c2nc(-c3cnc(N4CCN(CC5CCCCC5)CC4)cn3)c(C(=O)O)s2)CC[C@H]1NC(=O)c1[nH]c(C)c(Cl)c1Cl. The average Bonchev–Trinajstić information content (AvgIpc) is 3.64. The molecule has 254 valence electrons. The van der Waals surface area contributed by atoms with E-state index in [0.717, 1.165) is 49.3 Å². The largest absolute Gasteiger partial charge is 0.477 e. The maximum Gasteiger partial charge on any atom is 0.348 e. The number of carboxylic acid groups (broad SMARTS) is 1. The van der Waals surface area contributed by atoms with Crippen molar-refractivity contribution in [1.29, 1.82) is 0 Å². The van der Waals surface area contributed by atoms with Crippen molar-refractivity contribution < 1.29 is 19.4 Å². The van der Waals surface area contributed by atoms with Crippen LogP contribution in [0.15, 0.2) is 12.4 Å². The summed E-state index contributed by atoms with van der Waals surface area (Å²) >= 11 is 13.6. The fourth-order valence-corrected chi connectivity index (χ4v) is 8.24. The van der Waals surface area contributed by atoms with Crippen LogP contribution in [0.5, 0.6) is 0 Å². The first-order chi connectivity index (χ1) is 22.7. The van der Waals surface area contributed by atoms with Crippen molar-refractivity contribution in [2.75, 3.05) is 62.2 Å². The molecule has 0 unspecified atom stereocenters. The lowest BCUT2D eigenvalue weighted by Gasteiger charge is -2.38. The smallest absolute Gasteiger partial charge is 0.348 e. The van der Waals surface area contributed by atoms with Crippen LogP contribution in [0.3, 0.4) is 0 Å². The Bertz CT molecular complexity index is 1550. The zero-order chi connectivity index (χ0) is 33.1. The van der Waals surface area contributed by atoms with Crippen molar-refractivity contribution in [1.82, 2.24) is 30.2 Å². The summed E-state index contributed by atoms with van der Waals surface area (Å²) in [6, 6.07) is -0.289. The molecule has 3 aromatic rings. The number of hydrogen-bond acceptors (Lipinski definition) is 10. The summed E-state index contributed by atoms with van der Waals surface area (Å²) in [5, 5.41) is 14.2. The van der Waals surface area contributed by atoms with Gasteiger partial charge >= 0.3 is 5.97 Å². The molecule has 3 aromatic heterocycles. The van der Waals surface area contributed by atoms with E-state index < -0.39 is 5.97 Å². The lowest BCUT2D eigenvalue weighted by molar-refractivity contribution is 0.0272. The Morgan fingerprint density at radius 2 is 1.81 bits per heavy atom. The van der Waals surface area contributed by atoms with Crippen LogP contribution >= 0.6 is 34.5 Å². The van der Waals surface area contributed by atoms with Crippen molar-refractivity contribution >= 4 is 57.4 Å². The number of amides is 1. The Morgan fingerprint density at radius 3 is 2.45 bits per heavy atom. The van der Waals surface area contributed by atoms with Gasteiger partial charge in [0.1, 0.15) is 27.8 Å². The molecule has 6 rings (SSSR count). The normalized spacial score (nSPS) is 21.3. The average molecular weight is 706 g/mol. The third kappa shape index (κ3) is 7.69. The number of hydrogen-bond donors (Lipinski definition) is 3. The van der Waals surface area contributed by atoms with Crippen LogP contribution in [0.25, 0.3) is 11.4 Å². The zero-order valence-electron chi connectivity index (χ0n) is 26.8. The van der Waals surface area contributed by atoms with Crippen molar-refractivity contribution in [3.8, 4) is 11.4 Å². The molecule has 0 aromatic carbocycles. The second-order valence-corrected chi connectivity index (χ2v) is 14.3. The number of H-pyrrole nitrogens is 1. The quantitative estimate of drug-likeness (QED) is 0.253. The summed E-state index contributed by atoms with van der Waals surface area (Å²) in [5.74, 6) is 0.197. The number of ether oxygens (including phenoxy) is 1. The minimum Gasteiger partial charge on any atom is -0.477 e. The third-order valence-corrected chi connectivity index (χ3v) is 11.5. The van der Waals surface area contributed by atoms with Gasteiger partial charge in [-0.3, -0.25) is 9.69 Å². The number of carbonyl (C=O) groups excluding carboxylic acids is 1. The summed E-state index contributed by atoms with van der Waals surface area (Å²) in [6.07, 6.45) is 10.4. The van der Waals surface area contributed by atoms with Crippen LogP contribution in [-0.4, -0.2) is 106 Å². The second kappa shape index (κ2) is 15.1. The van der Waals surface area contributed by atoms with Gasteiger partial charge in [-0.1, -0.05) is 53.8 Å². The number of aromatic nitrogens is 4. The van der Waals surface area contributed by atoms with E-state index in [9.17, 15) is 14.7 Å². The van der Waals surface area contributed by atoms with Crippen LogP contribution in [0.2, 0.25) is 10.0 Å². The monoisotopic (exact) mass is 704 g/mol. The maximum absolute atomic E-state index is 13.0. The van der Waals surface area contributed by atoms with E-state index >= 15 is 0 Å². The number of anilines is 2. The molecule has 15 heteroatoms. The van der Waals surface area contributed by atoms with Gasteiger partial charge in [0, 0.05) is 58.1 Å². The van der Waals surface area contributed by atoms with Crippen LogP contribution in [-0.2, 0) is 4.74 Å². The molecule has 3 N–H and O–H groups in total. The summed E-state index contributed by atoms with van der Waals surface area (Å²) in [5.41, 5.74) is 1.55. The minimum atomic E-state index is -1.07. The van der Waals surface area contributed by atoms with Gasteiger partial charge in [-0.25, -0.2) is 19.7 Å². The van der Waals surface area contributed by atoms with Gasteiger partial charge in [0.2, 0.25) is 0 Å². The molecule has 1 aliphatic carbocycles. The van der Waals surface area contributed by atoms with Crippen molar-refractivity contribution in [3.63, 3.8) is 0 Å². The number of piperazine rings is 1. The Morgan fingerprint density at radius 1 is 1.04 bits per heavy atom. The Hall–Kier alpha value is -2.97. The number of aryl methyl sites for hydroxylation is 1. The van der Waals surface area contributed by atoms with Crippen LogP contribution in [0.4, 0.5) is 10.9 Å². The lowest BCUT2D eigenvalue weighted by Crippen LogP contribution is -2.55. The predicted molar refractivity (Wildman–Crippen MR) is 184 cm³/mol.